The van der Waals surface area contributed by atoms with Crippen LogP contribution in [-0.4, -0.2) is 32.4 Å². The quantitative estimate of drug-likeness (QED) is 0.606. The van der Waals surface area contributed by atoms with Gasteiger partial charge in [0.1, 0.15) is 13.8 Å². The van der Waals surface area contributed by atoms with Crippen molar-refractivity contribution in [2.45, 2.75) is 32.5 Å². The van der Waals surface area contributed by atoms with Crippen LogP contribution in [0.3, 0.4) is 0 Å². The molecule has 0 unspecified atom stereocenters. The van der Waals surface area contributed by atoms with Gasteiger partial charge in [0.25, 0.3) is 0 Å². The van der Waals surface area contributed by atoms with Crippen LogP contribution in [0.5, 0.6) is 0 Å². The van der Waals surface area contributed by atoms with Crippen LogP contribution in [0.25, 0.3) is 0 Å². The molecule has 1 saturated heterocycles. The minimum Gasteiger partial charge on any atom is -0.371 e. The second-order valence-electron chi connectivity index (χ2n) is 5.70. The molecule has 0 bridgehead atoms. The lowest BCUT2D eigenvalue weighted by Gasteiger charge is -2.22. The van der Waals surface area contributed by atoms with E-state index >= 15 is 0 Å². The summed E-state index contributed by atoms with van der Waals surface area (Å²) >= 11 is 0. The molecule has 0 aromatic carbocycles. The topological polar surface area (TPSA) is 33.2 Å². The molecule has 4 heteroatoms. The van der Waals surface area contributed by atoms with Crippen molar-refractivity contribution >= 4 is 25.4 Å². The Morgan fingerprint density at radius 3 is 2.41 bits per heavy atom. The van der Waals surface area contributed by atoms with Gasteiger partial charge in [-0.2, -0.15) is 0 Å². The standard InChI is InChI=1S/C13H20N2OSi/c1-17(2,3)13-9-12(8-11(10-16)14-13)15-6-4-5-7-15/h8-10H,4-7H2,1-3H3. The van der Waals surface area contributed by atoms with Crippen molar-refractivity contribution in [2.24, 2.45) is 0 Å². The van der Waals surface area contributed by atoms with Gasteiger partial charge in [-0.3, -0.25) is 9.78 Å². The number of carbonyl (C=O) groups excluding carboxylic acids is 1. The molecule has 1 aliphatic heterocycles. The van der Waals surface area contributed by atoms with Crippen molar-refractivity contribution in [1.82, 2.24) is 4.98 Å². The summed E-state index contributed by atoms with van der Waals surface area (Å²) in [5, 5.41) is 1.13. The first-order valence-electron chi connectivity index (χ1n) is 6.23. The first kappa shape index (κ1) is 12.3. The summed E-state index contributed by atoms with van der Waals surface area (Å²) in [5.41, 5.74) is 1.75. The maximum absolute atomic E-state index is 11.0. The van der Waals surface area contributed by atoms with E-state index < -0.39 is 8.07 Å². The highest BCUT2D eigenvalue weighted by atomic mass is 28.3. The molecule has 0 N–H and O–H groups in total. The van der Waals surface area contributed by atoms with Crippen LogP contribution in [0.1, 0.15) is 23.3 Å². The summed E-state index contributed by atoms with van der Waals surface area (Å²) in [5.74, 6) is 0. The van der Waals surface area contributed by atoms with Crippen LogP contribution in [0.4, 0.5) is 5.69 Å². The average Bonchev–Trinajstić information content (AvgIpc) is 2.80. The molecule has 0 spiro atoms. The van der Waals surface area contributed by atoms with Crippen molar-refractivity contribution in [3.63, 3.8) is 0 Å². The number of nitrogens with zero attached hydrogens (tertiary/aromatic N) is 2. The van der Waals surface area contributed by atoms with E-state index in [4.69, 9.17) is 0 Å². The minimum absolute atomic E-state index is 0.576. The smallest absolute Gasteiger partial charge is 0.168 e. The van der Waals surface area contributed by atoms with Crippen LogP contribution in [-0.2, 0) is 0 Å². The first-order chi connectivity index (χ1) is 8.00. The third-order valence-corrected chi connectivity index (χ3v) is 4.98. The molecule has 92 valence electrons. The van der Waals surface area contributed by atoms with Crippen LogP contribution in [0, 0.1) is 0 Å². The average molecular weight is 248 g/mol. The van der Waals surface area contributed by atoms with Crippen LogP contribution >= 0.6 is 0 Å². The van der Waals surface area contributed by atoms with Gasteiger partial charge in [-0.15, -0.1) is 0 Å². The zero-order chi connectivity index (χ0) is 12.5. The number of hydrogen-bond acceptors (Lipinski definition) is 3. The Labute approximate surface area is 104 Å². The molecule has 1 aromatic rings. The largest absolute Gasteiger partial charge is 0.371 e. The van der Waals surface area contributed by atoms with Crippen molar-refractivity contribution < 1.29 is 4.79 Å². The Balaban J connectivity index is 2.41. The van der Waals surface area contributed by atoms with Crippen molar-refractivity contribution in [1.29, 1.82) is 0 Å². The zero-order valence-corrected chi connectivity index (χ0v) is 11.9. The third kappa shape index (κ3) is 2.75. The highest BCUT2D eigenvalue weighted by Crippen LogP contribution is 2.20. The van der Waals surface area contributed by atoms with Gasteiger partial charge in [-0.1, -0.05) is 19.6 Å². The Bertz CT molecular complexity index is 420. The highest BCUT2D eigenvalue weighted by Gasteiger charge is 2.21. The van der Waals surface area contributed by atoms with E-state index in [1.165, 1.54) is 18.5 Å². The Kier molecular flexibility index (Phi) is 3.33. The van der Waals surface area contributed by atoms with Crippen LogP contribution in [0.2, 0.25) is 19.6 Å². The Morgan fingerprint density at radius 2 is 1.88 bits per heavy atom. The van der Waals surface area contributed by atoms with E-state index in [-0.39, 0.29) is 0 Å². The van der Waals surface area contributed by atoms with Gasteiger partial charge in [0.2, 0.25) is 0 Å². The lowest BCUT2D eigenvalue weighted by Crippen LogP contribution is -2.41. The Morgan fingerprint density at radius 1 is 1.24 bits per heavy atom. The number of rotatable bonds is 3. The maximum atomic E-state index is 11.0. The lowest BCUT2D eigenvalue weighted by atomic mass is 10.3. The molecule has 0 radical (unpaired) electrons. The van der Waals surface area contributed by atoms with Crippen molar-refractivity contribution in [2.75, 3.05) is 18.0 Å². The summed E-state index contributed by atoms with van der Waals surface area (Å²) in [6.07, 6.45) is 3.37. The summed E-state index contributed by atoms with van der Waals surface area (Å²) in [6.45, 7) is 8.99. The molecular formula is C13H20N2OSi. The highest BCUT2D eigenvalue weighted by molar-refractivity contribution is 6.88. The van der Waals surface area contributed by atoms with E-state index in [0.29, 0.717) is 5.69 Å². The van der Waals surface area contributed by atoms with Crippen LogP contribution in [0.15, 0.2) is 12.1 Å². The number of aromatic nitrogens is 1. The normalized spacial score (nSPS) is 16.3. The maximum Gasteiger partial charge on any atom is 0.168 e. The first-order valence-corrected chi connectivity index (χ1v) is 9.73. The third-order valence-electron chi connectivity index (χ3n) is 3.19. The second-order valence-corrected chi connectivity index (χ2v) is 10.7. The van der Waals surface area contributed by atoms with Crippen molar-refractivity contribution in [3.05, 3.63) is 17.8 Å². The van der Waals surface area contributed by atoms with Gasteiger partial charge < -0.3 is 4.90 Å². The minimum atomic E-state index is -1.46. The Hall–Kier alpha value is -1.16. The van der Waals surface area contributed by atoms with Gasteiger partial charge in [-0.05, 0) is 25.0 Å². The second kappa shape index (κ2) is 4.60. The van der Waals surface area contributed by atoms with Gasteiger partial charge in [-0.25, -0.2) is 0 Å². The number of anilines is 1. The molecule has 2 heterocycles. The fourth-order valence-electron chi connectivity index (χ4n) is 2.14. The molecule has 0 aliphatic carbocycles. The fourth-order valence-corrected chi connectivity index (χ4v) is 3.18. The molecular weight excluding hydrogens is 228 g/mol. The molecule has 0 amide bonds. The summed E-state index contributed by atoms with van der Waals surface area (Å²) < 4.78 is 0. The molecule has 2 rings (SSSR count). The number of carbonyl (C=O) groups is 1. The van der Waals surface area contributed by atoms with E-state index in [9.17, 15) is 4.79 Å². The molecule has 17 heavy (non-hydrogen) atoms. The fraction of sp³-hybridized carbons (Fsp3) is 0.538. The van der Waals surface area contributed by atoms with Gasteiger partial charge in [0, 0.05) is 24.1 Å². The summed E-state index contributed by atoms with van der Waals surface area (Å²) in [7, 11) is -1.46. The molecule has 1 aromatic heterocycles. The van der Waals surface area contributed by atoms with Gasteiger partial charge >= 0.3 is 0 Å². The summed E-state index contributed by atoms with van der Waals surface area (Å²) in [6, 6.07) is 4.10. The molecule has 1 aliphatic rings. The van der Waals surface area contributed by atoms with E-state index in [1.807, 2.05) is 6.07 Å². The predicted molar refractivity (Wildman–Crippen MR) is 74.1 cm³/mol. The number of pyridine rings is 1. The van der Waals surface area contributed by atoms with Gasteiger partial charge in [0.15, 0.2) is 6.29 Å². The lowest BCUT2D eigenvalue weighted by molar-refractivity contribution is 0.111. The van der Waals surface area contributed by atoms with Gasteiger partial charge in [0.05, 0.1) is 0 Å². The van der Waals surface area contributed by atoms with E-state index in [2.05, 4.69) is 35.6 Å². The van der Waals surface area contributed by atoms with E-state index in [0.717, 1.165) is 24.7 Å². The predicted octanol–water partition coefficient (Wildman–Crippen LogP) is 2.04. The van der Waals surface area contributed by atoms with E-state index in [1.54, 1.807) is 0 Å². The number of aldehydes is 1. The zero-order valence-electron chi connectivity index (χ0n) is 10.9. The molecule has 0 atom stereocenters. The molecule has 3 nitrogen and oxygen atoms in total. The summed E-state index contributed by atoms with van der Waals surface area (Å²) in [4.78, 5) is 17.8. The van der Waals surface area contributed by atoms with Crippen LogP contribution < -0.4 is 10.2 Å². The van der Waals surface area contributed by atoms with Crippen molar-refractivity contribution in [3.8, 4) is 0 Å². The number of hydrogen-bond donors (Lipinski definition) is 0. The monoisotopic (exact) mass is 248 g/mol. The SMILES string of the molecule is C[Si](C)(C)c1cc(N2CCCC2)cc(C=O)n1. The molecule has 0 saturated carbocycles. The molecule has 1 fully saturated rings.